The first kappa shape index (κ1) is 24.1. The Balaban J connectivity index is 1.66. The van der Waals surface area contributed by atoms with Gasteiger partial charge in [-0.15, -0.1) is 5.10 Å². The van der Waals surface area contributed by atoms with Crippen LogP contribution in [0.15, 0.2) is 47.5 Å². The lowest BCUT2D eigenvalue weighted by atomic mass is 10.1. The Bertz CT molecular complexity index is 1190. The minimum absolute atomic E-state index is 0.151. The monoisotopic (exact) mass is 485 g/mol. The Morgan fingerprint density at radius 2 is 1.94 bits per heavy atom. The summed E-state index contributed by atoms with van der Waals surface area (Å²) in [5.74, 6) is 0.170. The van der Waals surface area contributed by atoms with Gasteiger partial charge in [0.15, 0.2) is 5.82 Å². The van der Waals surface area contributed by atoms with E-state index >= 15 is 0 Å². The van der Waals surface area contributed by atoms with E-state index in [-0.39, 0.29) is 23.5 Å². The van der Waals surface area contributed by atoms with E-state index in [4.69, 9.17) is 16.7 Å². The number of carbonyl (C=O) groups excluding carboxylic acids is 1. The molecule has 0 saturated carbocycles. The summed E-state index contributed by atoms with van der Waals surface area (Å²) in [6.45, 7) is 3.41. The van der Waals surface area contributed by atoms with Gasteiger partial charge in [0, 0.05) is 37.5 Å². The van der Waals surface area contributed by atoms with E-state index < -0.39 is 0 Å². The summed E-state index contributed by atoms with van der Waals surface area (Å²) >= 11 is 6.39. The van der Waals surface area contributed by atoms with Crippen molar-refractivity contribution >= 4 is 17.5 Å². The third-order valence-corrected chi connectivity index (χ3v) is 6.59. The van der Waals surface area contributed by atoms with Crippen molar-refractivity contribution in [1.82, 2.24) is 24.2 Å². The number of aromatic nitrogens is 4. The highest BCUT2D eigenvalue weighted by Crippen LogP contribution is 2.29. The summed E-state index contributed by atoms with van der Waals surface area (Å²) < 4.78 is 16.5. The van der Waals surface area contributed by atoms with Crippen molar-refractivity contribution in [3.8, 4) is 17.1 Å². The Morgan fingerprint density at radius 3 is 2.68 bits per heavy atom. The summed E-state index contributed by atoms with van der Waals surface area (Å²) in [6.07, 6.45) is 8.89. The molecule has 0 aliphatic carbocycles. The fourth-order valence-corrected chi connectivity index (χ4v) is 4.64. The zero-order valence-electron chi connectivity index (χ0n) is 19.3. The van der Waals surface area contributed by atoms with Gasteiger partial charge in [-0.2, -0.15) is 0 Å². The second-order valence-corrected chi connectivity index (χ2v) is 9.05. The normalized spacial score (nSPS) is 16.4. The van der Waals surface area contributed by atoms with Gasteiger partial charge in [0.1, 0.15) is 5.82 Å². The molecule has 4 rings (SSSR count). The van der Waals surface area contributed by atoms with E-state index in [0.717, 1.165) is 32.1 Å². The van der Waals surface area contributed by atoms with Crippen molar-refractivity contribution < 1.29 is 9.18 Å². The van der Waals surface area contributed by atoms with Crippen molar-refractivity contribution in [1.29, 1.82) is 0 Å². The molecule has 0 radical (unpaired) electrons. The van der Waals surface area contributed by atoms with Gasteiger partial charge in [0.2, 0.25) is 5.91 Å². The highest BCUT2D eigenvalue weighted by molar-refractivity contribution is 6.33. The van der Waals surface area contributed by atoms with E-state index in [1.807, 2.05) is 4.90 Å². The van der Waals surface area contributed by atoms with Gasteiger partial charge in [0.25, 0.3) is 0 Å². The van der Waals surface area contributed by atoms with Crippen LogP contribution >= 0.6 is 11.6 Å². The summed E-state index contributed by atoms with van der Waals surface area (Å²) in [4.78, 5) is 32.1. The molecule has 180 valence electrons. The number of amides is 1. The lowest BCUT2D eigenvalue weighted by molar-refractivity contribution is -0.131. The van der Waals surface area contributed by atoms with Gasteiger partial charge in [0.05, 0.1) is 16.8 Å². The number of hydrogen-bond acceptors (Lipinski definition) is 4. The summed E-state index contributed by atoms with van der Waals surface area (Å²) in [7, 11) is 0. The smallest absolute Gasteiger partial charge is 0.343 e. The molecule has 1 fully saturated rings. The molecular formula is C25H29ClFN5O2. The maximum atomic E-state index is 13.6. The number of pyridine rings is 1. The highest BCUT2D eigenvalue weighted by Gasteiger charge is 2.27. The molecule has 1 saturated heterocycles. The summed E-state index contributed by atoms with van der Waals surface area (Å²) in [6, 6.07) is 7.27. The van der Waals surface area contributed by atoms with Gasteiger partial charge in [-0.1, -0.05) is 31.4 Å². The summed E-state index contributed by atoms with van der Waals surface area (Å²) in [5.41, 5.74) is 0.752. The van der Waals surface area contributed by atoms with Crippen LogP contribution in [0.5, 0.6) is 0 Å². The molecule has 1 amide bonds. The van der Waals surface area contributed by atoms with E-state index in [1.165, 1.54) is 27.6 Å². The zero-order chi connectivity index (χ0) is 24.1. The lowest BCUT2D eigenvalue weighted by Gasteiger charge is -2.20. The maximum absolute atomic E-state index is 13.6. The fraction of sp³-hybridized carbons (Fsp3) is 0.440. The van der Waals surface area contributed by atoms with Crippen LogP contribution < -0.4 is 5.69 Å². The van der Waals surface area contributed by atoms with Crippen LogP contribution in [0.4, 0.5) is 4.39 Å². The maximum Gasteiger partial charge on any atom is 0.351 e. The first-order valence-electron chi connectivity index (χ1n) is 11.8. The predicted molar refractivity (Wildman–Crippen MR) is 130 cm³/mol. The number of unbranched alkanes of at least 4 members (excludes halogenated alkanes) is 2. The third kappa shape index (κ3) is 5.22. The molecule has 1 unspecified atom stereocenters. The third-order valence-electron chi connectivity index (χ3n) is 6.29. The van der Waals surface area contributed by atoms with Crippen LogP contribution in [-0.2, 0) is 4.79 Å². The number of nitrogens with zero attached hydrogens (tertiary/aromatic N) is 5. The highest BCUT2D eigenvalue weighted by atomic mass is 35.5. The number of benzene rings is 1. The summed E-state index contributed by atoms with van der Waals surface area (Å²) in [5, 5.41) is 5.06. The SMILES string of the molecule is CCCCCC(=O)N1CCCC(n2nc(-c3ccncc3Cl)n(-c3ccc(F)cc3)c2=O)CC1. The minimum atomic E-state index is -0.389. The molecule has 9 heteroatoms. The van der Waals surface area contributed by atoms with Crippen molar-refractivity contribution in [2.24, 2.45) is 0 Å². The standard InChI is InChI=1S/C25H29ClFN5O2/c1-2-3-4-7-23(33)30-15-5-6-20(13-16-30)32-25(34)31(19-10-8-18(27)9-11-19)24(29-32)21-12-14-28-17-22(21)26/h8-12,14,17,20H,2-7,13,15-16H2,1H3. The molecule has 0 N–H and O–H groups in total. The molecule has 3 aromatic rings. The Morgan fingerprint density at radius 1 is 1.15 bits per heavy atom. The van der Waals surface area contributed by atoms with E-state index in [2.05, 4.69) is 11.9 Å². The van der Waals surface area contributed by atoms with Crippen molar-refractivity contribution in [3.05, 3.63) is 64.0 Å². The van der Waals surface area contributed by atoms with Crippen LogP contribution in [0, 0.1) is 5.82 Å². The fourth-order valence-electron chi connectivity index (χ4n) is 4.43. The number of carbonyl (C=O) groups is 1. The van der Waals surface area contributed by atoms with Gasteiger partial charge >= 0.3 is 5.69 Å². The number of halogens is 2. The van der Waals surface area contributed by atoms with E-state index in [9.17, 15) is 14.0 Å². The molecular weight excluding hydrogens is 457 g/mol. The first-order valence-corrected chi connectivity index (χ1v) is 12.2. The average Bonchev–Trinajstić information content (AvgIpc) is 3.00. The Labute approximate surface area is 203 Å². The van der Waals surface area contributed by atoms with Gasteiger partial charge in [-0.3, -0.25) is 9.78 Å². The number of hydrogen-bond donors (Lipinski definition) is 0. The molecule has 0 spiro atoms. The first-order chi connectivity index (χ1) is 16.5. The molecule has 7 nitrogen and oxygen atoms in total. The topological polar surface area (TPSA) is 73.0 Å². The van der Waals surface area contributed by atoms with Crippen LogP contribution in [0.2, 0.25) is 5.02 Å². The van der Waals surface area contributed by atoms with Gasteiger partial charge in [-0.25, -0.2) is 18.4 Å². The second kappa shape index (κ2) is 11.0. The average molecular weight is 486 g/mol. The van der Waals surface area contributed by atoms with Crippen molar-refractivity contribution in [3.63, 3.8) is 0 Å². The quantitative estimate of drug-likeness (QED) is 0.440. The number of rotatable bonds is 7. The van der Waals surface area contributed by atoms with Gasteiger partial charge in [-0.05, 0) is 56.0 Å². The molecule has 1 aromatic carbocycles. The molecule has 34 heavy (non-hydrogen) atoms. The second-order valence-electron chi connectivity index (χ2n) is 8.64. The molecule has 2 aromatic heterocycles. The minimum Gasteiger partial charge on any atom is -0.343 e. The van der Waals surface area contributed by atoms with Crippen LogP contribution in [-0.4, -0.2) is 43.2 Å². The Kier molecular flexibility index (Phi) is 7.77. The molecule has 0 bridgehead atoms. The number of likely N-dealkylation sites (tertiary alicyclic amines) is 1. The van der Waals surface area contributed by atoms with Crippen molar-refractivity contribution in [2.75, 3.05) is 13.1 Å². The van der Waals surface area contributed by atoms with Crippen molar-refractivity contribution in [2.45, 2.75) is 57.9 Å². The molecule has 1 aliphatic heterocycles. The molecule has 1 atom stereocenters. The Hall–Kier alpha value is -3.00. The van der Waals surface area contributed by atoms with E-state index in [0.29, 0.717) is 48.0 Å². The largest absolute Gasteiger partial charge is 0.351 e. The van der Waals surface area contributed by atoms with Crippen LogP contribution in [0.1, 0.15) is 57.9 Å². The predicted octanol–water partition coefficient (Wildman–Crippen LogP) is 5.02. The zero-order valence-corrected chi connectivity index (χ0v) is 20.0. The van der Waals surface area contributed by atoms with Gasteiger partial charge < -0.3 is 4.90 Å². The van der Waals surface area contributed by atoms with Crippen LogP contribution in [0.3, 0.4) is 0 Å². The lowest BCUT2D eigenvalue weighted by Crippen LogP contribution is -2.32. The molecule has 1 aliphatic rings. The van der Waals surface area contributed by atoms with E-state index in [1.54, 1.807) is 24.4 Å². The molecule has 3 heterocycles. The van der Waals surface area contributed by atoms with Crippen LogP contribution in [0.25, 0.3) is 17.1 Å².